The standard InChI is InChI=1S/C16H20N2O7/c1-23-14-4-3-10(8-13(14)18(21)22)7-12(16(20)24-2)17-15(19)11-5-6-25-9-11/h3-4,8,11-12H,5-7,9H2,1-2H3,(H,17,19)/t11-,12+/m1/s1. The van der Waals surface area contributed by atoms with Gasteiger partial charge in [-0.1, -0.05) is 6.07 Å². The van der Waals surface area contributed by atoms with Crippen LogP contribution >= 0.6 is 0 Å². The van der Waals surface area contributed by atoms with E-state index in [-0.39, 0.29) is 29.7 Å². The van der Waals surface area contributed by atoms with Crippen LogP contribution in [0.25, 0.3) is 0 Å². The Morgan fingerprint density at radius 1 is 1.44 bits per heavy atom. The Morgan fingerprint density at radius 2 is 2.20 bits per heavy atom. The number of hydrogen-bond donors (Lipinski definition) is 1. The molecule has 0 aliphatic carbocycles. The van der Waals surface area contributed by atoms with Crippen LogP contribution in [0.1, 0.15) is 12.0 Å². The third-order valence-corrected chi connectivity index (χ3v) is 3.98. The number of esters is 1. The van der Waals surface area contributed by atoms with E-state index in [2.05, 4.69) is 5.32 Å². The predicted molar refractivity (Wildman–Crippen MR) is 86.2 cm³/mol. The van der Waals surface area contributed by atoms with Gasteiger partial charge >= 0.3 is 11.7 Å². The summed E-state index contributed by atoms with van der Waals surface area (Å²) in [5.41, 5.74) is 0.296. The minimum absolute atomic E-state index is 0.0663. The molecule has 136 valence electrons. The molecule has 2 atom stereocenters. The number of rotatable bonds is 7. The number of methoxy groups -OCH3 is 2. The molecule has 0 unspecified atom stereocenters. The van der Waals surface area contributed by atoms with Gasteiger partial charge in [0, 0.05) is 19.1 Å². The molecule has 1 amide bonds. The quantitative estimate of drug-likeness (QED) is 0.439. The van der Waals surface area contributed by atoms with E-state index in [1.54, 1.807) is 6.07 Å². The largest absolute Gasteiger partial charge is 0.490 e. The fourth-order valence-corrected chi connectivity index (χ4v) is 2.61. The molecule has 0 radical (unpaired) electrons. The van der Waals surface area contributed by atoms with Gasteiger partial charge in [0.05, 0.1) is 31.7 Å². The molecule has 1 N–H and O–H groups in total. The Labute approximate surface area is 144 Å². The fraction of sp³-hybridized carbons (Fsp3) is 0.500. The lowest BCUT2D eigenvalue weighted by atomic mass is 10.0. The molecular formula is C16H20N2O7. The number of benzene rings is 1. The number of carbonyl (C=O) groups is 2. The van der Waals surface area contributed by atoms with E-state index in [1.165, 1.54) is 26.4 Å². The summed E-state index contributed by atoms with van der Waals surface area (Å²) in [6, 6.07) is 3.44. The van der Waals surface area contributed by atoms with Crippen molar-refractivity contribution in [3.8, 4) is 5.75 Å². The first kappa shape index (κ1) is 18.7. The molecule has 1 saturated heterocycles. The number of carbonyl (C=O) groups excluding carboxylic acids is 2. The lowest BCUT2D eigenvalue weighted by molar-refractivity contribution is -0.385. The van der Waals surface area contributed by atoms with Crippen LogP contribution in [-0.4, -0.2) is 50.3 Å². The average Bonchev–Trinajstić information content (AvgIpc) is 3.15. The van der Waals surface area contributed by atoms with Gasteiger partial charge in [0.1, 0.15) is 6.04 Å². The van der Waals surface area contributed by atoms with Crippen molar-refractivity contribution < 1.29 is 28.7 Å². The predicted octanol–water partition coefficient (Wildman–Crippen LogP) is 0.840. The van der Waals surface area contributed by atoms with E-state index < -0.39 is 16.9 Å². The first-order valence-corrected chi connectivity index (χ1v) is 7.73. The summed E-state index contributed by atoms with van der Waals surface area (Å²) in [6.45, 7) is 0.819. The normalized spacial score (nSPS) is 17.6. The first-order valence-electron chi connectivity index (χ1n) is 7.73. The van der Waals surface area contributed by atoms with Gasteiger partial charge in [0.25, 0.3) is 0 Å². The highest BCUT2D eigenvalue weighted by molar-refractivity contribution is 5.86. The summed E-state index contributed by atoms with van der Waals surface area (Å²) in [7, 11) is 2.56. The Bertz CT molecular complexity index is 656. The van der Waals surface area contributed by atoms with E-state index >= 15 is 0 Å². The van der Waals surface area contributed by atoms with Gasteiger partial charge in [-0.2, -0.15) is 0 Å². The first-order chi connectivity index (χ1) is 12.0. The molecule has 1 aliphatic rings. The molecule has 1 aliphatic heterocycles. The lowest BCUT2D eigenvalue weighted by Crippen LogP contribution is -2.45. The summed E-state index contributed by atoms with van der Waals surface area (Å²) in [6.07, 6.45) is 0.657. The van der Waals surface area contributed by atoms with Crippen LogP contribution in [0.5, 0.6) is 5.75 Å². The van der Waals surface area contributed by atoms with Crippen LogP contribution in [0.4, 0.5) is 5.69 Å². The molecule has 1 aromatic carbocycles. The van der Waals surface area contributed by atoms with Gasteiger partial charge in [-0.25, -0.2) is 4.79 Å². The number of nitrogens with zero attached hydrogens (tertiary/aromatic N) is 1. The molecule has 2 rings (SSSR count). The van der Waals surface area contributed by atoms with E-state index in [0.29, 0.717) is 25.2 Å². The van der Waals surface area contributed by atoms with Gasteiger partial charge in [0.15, 0.2) is 5.75 Å². The maximum atomic E-state index is 12.2. The van der Waals surface area contributed by atoms with Crippen molar-refractivity contribution in [3.05, 3.63) is 33.9 Å². The van der Waals surface area contributed by atoms with Crippen LogP contribution in [0.2, 0.25) is 0 Å². The molecule has 9 heteroatoms. The van der Waals surface area contributed by atoms with Gasteiger partial charge in [0.2, 0.25) is 5.91 Å². The van der Waals surface area contributed by atoms with Crippen molar-refractivity contribution in [2.24, 2.45) is 5.92 Å². The van der Waals surface area contributed by atoms with Crippen molar-refractivity contribution in [1.82, 2.24) is 5.32 Å². The molecule has 1 fully saturated rings. The summed E-state index contributed by atoms with van der Waals surface area (Å²) in [5.74, 6) is -1.10. The maximum Gasteiger partial charge on any atom is 0.328 e. The van der Waals surface area contributed by atoms with Crippen molar-refractivity contribution in [3.63, 3.8) is 0 Å². The SMILES string of the molecule is COC(=O)[C@H](Cc1ccc(OC)c([N+](=O)[O-])c1)NC(=O)[C@@H]1CCOC1. The van der Waals surface area contributed by atoms with E-state index in [1.807, 2.05) is 0 Å². The second-order valence-electron chi connectivity index (χ2n) is 5.61. The van der Waals surface area contributed by atoms with Crippen molar-refractivity contribution in [1.29, 1.82) is 0 Å². The number of nitrogens with one attached hydrogen (secondary N) is 1. The van der Waals surface area contributed by atoms with Crippen molar-refractivity contribution in [2.45, 2.75) is 18.9 Å². The number of nitro benzene ring substituents is 1. The number of ether oxygens (including phenoxy) is 3. The highest BCUT2D eigenvalue weighted by Gasteiger charge is 2.29. The van der Waals surface area contributed by atoms with E-state index in [4.69, 9.17) is 14.2 Å². The van der Waals surface area contributed by atoms with Crippen molar-refractivity contribution in [2.75, 3.05) is 27.4 Å². The lowest BCUT2D eigenvalue weighted by Gasteiger charge is -2.18. The van der Waals surface area contributed by atoms with Crippen LogP contribution in [0, 0.1) is 16.0 Å². The Morgan fingerprint density at radius 3 is 2.76 bits per heavy atom. The molecule has 1 aromatic rings. The van der Waals surface area contributed by atoms with Crippen molar-refractivity contribution >= 4 is 17.6 Å². The molecule has 25 heavy (non-hydrogen) atoms. The molecule has 0 spiro atoms. The smallest absolute Gasteiger partial charge is 0.328 e. The van der Waals surface area contributed by atoms with Gasteiger partial charge in [-0.05, 0) is 18.1 Å². The third-order valence-electron chi connectivity index (χ3n) is 3.98. The Balaban J connectivity index is 2.16. The molecule has 1 heterocycles. The third kappa shape index (κ3) is 4.66. The van der Waals surface area contributed by atoms with Gasteiger partial charge in [-0.15, -0.1) is 0 Å². The number of hydrogen-bond acceptors (Lipinski definition) is 7. The summed E-state index contributed by atoms with van der Waals surface area (Å²) in [5, 5.41) is 13.8. The topological polar surface area (TPSA) is 117 Å². The monoisotopic (exact) mass is 352 g/mol. The van der Waals surface area contributed by atoms with Crippen LogP contribution in [-0.2, 0) is 25.5 Å². The highest BCUT2D eigenvalue weighted by Crippen LogP contribution is 2.28. The Kier molecular flexibility index (Phi) is 6.29. The van der Waals surface area contributed by atoms with E-state index in [0.717, 1.165) is 0 Å². The fourth-order valence-electron chi connectivity index (χ4n) is 2.61. The highest BCUT2D eigenvalue weighted by atomic mass is 16.6. The zero-order valence-electron chi connectivity index (χ0n) is 14.0. The zero-order valence-corrected chi connectivity index (χ0v) is 14.0. The molecule has 0 saturated carbocycles. The van der Waals surface area contributed by atoms with E-state index in [9.17, 15) is 19.7 Å². The Hall–Kier alpha value is -2.68. The van der Waals surface area contributed by atoms with Crippen LogP contribution < -0.4 is 10.1 Å². The molecule has 0 bridgehead atoms. The summed E-state index contributed by atoms with van der Waals surface area (Å²) < 4.78 is 14.8. The average molecular weight is 352 g/mol. The minimum Gasteiger partial charge on any atom is -0.490 e. The second kappa shape index (κ2) is 8.43. The van der Waals surface area contributed by atoms with Gasteiger partial charge in [-0.3, -0.25) is 14.9 Å². The summed E-state index contributed by atoms with van der Waals surface area (Å²) in [4.78, 5) is 34.7. The number of nitro groups is 1. The second-order valence-corrected chi connectivity index (χ2v) is 5.61. The summed E-state index contributed by atoms with van der Waals surface area (Å²) >= 11 is 0. The van der Waals surface area contributed by atoms with Crippen LogP contribution in [0.15, 0.2) is 18.2 Å². The van der Waals surface area contributed by atoms with Crippen LogP contribution in [0.3, 0.4) is 0 Å². The zero-order chi connectivity index (χ0) is 18.4. The molecule has 9 nitrogen and oxygen atoms in total. The molecule has 0 aromatic heterocycles. The maximum absolute atomic E-state index is 12.2. The van der Waals surface area contributed by atoms with Gasteiger partial charge < -0.3 is 19.5 Å². The molecular weight excluding hydrogens is 332 g/mol. The number of amides is 1. The minimum atomic E-state index is -0.939.